The van der Waals surface area contributed by atoms with Gasteiger partial charge in [0.25, 0.3) is 10.0 Å². The van der Waals surface area contributed by atoms with Gasteiger partial charge in [0, 0.05) is 24.2 Å². The molecule has 11 heteroatoms. The number of nitrogens with one attached hydrogen (secondary N) is 1. The Bertz CT molecular complexity index is 1450. The second-order valence-corrected chi connectivity index (χ2v) is 11.4. The number of rotatable bonds is 12. The smallest absolute Gasteiger partial charge is 0.264 e. The number of methoxy groups -OCH3 is 2. The van der Waals surface area contributed by atoms with Crippen molar-refractivity contribution in [3.63, 3.8) is 0 Å². The molecule has 0 aliphatic carbocycles. The lowest BCUT2D eigenvalue weighted by molar-refractivity contribution is -0.139. The van der Waals surface area contributed by atoms with Crippen LogP contribution in [0.1, 0.15) is 25.0 Å². The molecule has 214 valence electrons. The monoisotopic (exact) mass is 587 g/mol. The van der Waals surface area contributed by atoms with E-state index in [0.717, 1.165) is 9.87 Å². The van der Waals surface area contributed by atoms with Crippen LogP contribution >= 0.6 is 11.6 Å². The Balaban J connectivity index is 2.09. The van der Waals surface area contributed by atoms with E-state index in [4.69, 9.17) is 21.1 Å². The molecule has 0 radical (unpaired) electrons. The van der Waals surface area contributed by atoms with Gasteiger partial charge in [-0.1, -0.05) is 41.4 Å². The van der Waals surface area contributed by atoms with Crippen LogP contribution in [0.5, 0.6) is 11.5 Å². The highest BCUT2D eigenvalue weighted by atomic mass is 35.5. The first-order valence-corrected chi connectivity index (χ1v) is 14.5. The third-order valence-corrected chi connectivity index (χ3v) is 8.33. The molecule has 40 heavy (non-hydrogen) atoms. The summed E-state index contributed by atoms with van der Waals surface area (Å²) in [6.45, 7) is 5.08. The topological polar surface area (TPSA) is 105 Å². The number of anilines is 1. The average Bonchev–Trinajstić information content (AvgIpc) is 2.94. The molecule has 0 unspecified atom stereocenters. The van der Waals surface area contributed by atoms with Crippen LogP contribution in [-0.2, 0) is 26.2 Å². The summed E-state index contributed by atoms with van der Waals surface area (Å²) in [6.07, 6.45) is 0. The number of likely N-dealkylation sites (N-methyl/N-ethyl adjacent to an activating group) is 1. The molecule has 0 aromatic heterocycles. The second-order valence-electron chi connectivity index (χ2n) is 9.09. The number of halogens is 1. The largest absolute Gasteiger partial charge is 0.493 e. The number of carbonyl (C=O) groups is 2. The Morgan fingerprint density at radius 2 is 1.65 bits per heavy atom. The molecular formula is C29H34ClN3O6S. The summed E-state index contributed by atoms with van der Waals surface area (Å²) < 4.78 is 39.6. The van der Waals surface area contributed by atoms with Gasteiger partial charge in [-0.05, 0) is 62.7 Å². The minimum absolute atomic E-state index is 0.0128. The summed E-state index contributed by atoms with van der Waals surface area (Å²) in [6, 6.07) is 17.0. The second kappa shape index (κ2) is 13.5. The number of aryl methyl sites for hydroxylation is 1. The maximum atomic E-state index is 14.0. The zero-order valence-electron chi connectivity index (χ0n) is 23.2. The zero-order valence-corrected chi connectivity index (χ0v) is 24.8. The molecular weight excluding hydrogens is 554 g/mol. The van der Waals surface area contributed by atoms with E-state index in [1.807, 2.05) is 6.92 Å². The van der Waals surface area contributed by atoms with Crippen molar-refractivity contribution in [2.75, 3.05) is 31.6 Å². The Kier molecular flexibility index (Phi) is 10.4. The number of nitrogens with zero attached hydrogens (tertiary/aromatic N) is 2. The van der Waals surface area contributed by atoms with Crippen molar-refractivity contribution in [2.45, 2.75) is 38.3 Å². The number of sulfonamides is 1. The summed E-state index contributed by atoms with van der Waals surface area (Å²) in [5.41, 5.74) is 1.77. The molecule has 2 amide bonds. The molecule has 0 aliphatic rings. The third kappa shape index (κ3) is 7.25. The number of benzene rings is 3. The fourth-order valence-electron chi connectivity index (χ4n) is 4.08. The summed E-state index contributed by atoms with van der Waals surface area (Å²) in [7, 11) is -1.30. The Morgan fingerprint density at radius 3 is 2.25 bits per heavy atom. The molecule has 0 fully saturated rings. The standard InChI is InChI=1S/C29H34ClN3O6S/c1-6-31-29(35)21(3)32(18-22-8-7-9-23(30)16-22)28(34)19-33(24-12-15-26(38-4)27(17-24)39-5)40(36,37)25-13-10-20(2)11-14-25/h7-17,21H,6,18-19H2,1-5H3,(H,31,35)/t21-/m1/s1. The van der Waals surface area contributed by atoms with Crippen LogP contribution in [0, 0.1) is 6.92 Å². The van der Waals surface area contributed by atoms with E-state index in [0.29, 0.717) is 28.6 Å². The van der Waals surface area contributed by atoms with Crippen molar-refractivity contribution in [2.24, 2.45) is 0 Å². The quantitative estimate of drug-likeness (QED) is 0.336. The van der Waals surface area contributed by atoms with E-state index in [-0.39, 0.29) is 23.0 Å². The van der Waals surface area contributed by atoms with E-state index >= 15 is 0 Å². The first kappa shape index (κ1) is 30.8. The van der Waals surface area contributed by atoms with Gasteiger partial charge in [-0.2, -0.15) is 0 Å². The molecule has 1 N–H and O–H groups in total. The lowest BCUT2D eigenvalue weighted by atomic mass is 10.1. The first-order chi connectivity index (χ1) is 19.0. The van der Waals surface area contributed by atoms with E-state index < -0.39 is 28.5 Å². The molecule has 0 bridgehead atoms. The maximum Gasteiger partial charge on any atom is 0.264 e. The molecule has 3 rings (SSSR count). The van der Waals surface area contributed by atoms with Gasteiger partial charge in [0.05, 0.1) is 24.8 Å². The normalized spacial score (nSPS) is 11.8. The van der Waals surface area contributed by atoms with Gasteiger partial charge in [0.2, 0.25) is 11.8 Å². The number of amides is 2. The van der Waals surface area contributed by atoms with Crippen LogP contribution < -0.4 is 19.1 Å². The van der Waals surface area contributed by atoms with Crippen LogP contribution in [-0.4, -0.2) is 58.5 Å². The minimum atomic E-state index is -4.21. The molecule has 3 aromatic carbocycles. The Hall–Kier alpha value is -3.76. The number of hydrogen-bond donors (Lipinski definition) is 1. The fourth-order valence-corrected chi connectivity index (χ4v) is 5.70. The molecule has 3 aromatic rings. The van der Waals surface area contributed by atoms with E-state index in [9.17, 15) is 18.0 Å². The Labute approximate surface area is 240 Å². The average molecular weight is 588 g/mol. The maximum absolute atomic E-state index is 14.0. The molecule has 0 spiro atoms. The molecule has 1 atom stereocenters. The predicted octanol–water partition coefficient (Wildman–Crippen LogP) is 4.41. The van der Waals surface area contributed by atoms with Gasteiger partial charge in [0.1, 0.15) is 12.6 Å². The third-order valence-electron chi connectivity index (χ3n) is 6.30. The van der Waals surface area contributed by atoms with Gasteiger partial charge in [-0.3, -0.25) is 13.9 Å². The first-order valence-electron chi connectivity index (χ1n) is 12.6. The van der Waals surface area contributed by atoms with Gasteiger partial charge in [0.15, 0.2) is 11.5 Å². The van der Waals surface area contributed by atoms with E-state index in [1.54, 1.807) is 56.3 Å². The lowest BCUT2D eigenvalue weighted by Gasteiger charge is -2.32. The van der Waals surface area contributed by atoms with Crippen LogP contribution in [0.4, 0.5) is 5.69 Å². The number of ether oxygens (including phenoxy) is 2. The zero-order chi connectivity index (χ0) is 29.4. The van der Waals surface area contributed by atoms with Crippen LogP contribution in [0.15, 0.2) is 71.6 Å². The van der Waals surface area contributed by atoms with Crippen LogP contribution in [0.2, 0.25) is 5.02 Å². The highest BCUT2D eigenvalue weighted by molar-refractivity contribution is 7.92. The molecule has 0 aliphatic heterocycles. The predicted molar refractivity (Wildman–Crippen MR) is 155 cm³/mol. The van der Waals surface area contributed by atoms with Crippen molar-refractivity contribution in [3.05, 3.63) is 82.9 Å². The fraction of sp³-hybridized carbons (Fsp3) is 0.310. The summed E-state index contributed by atoms with van der Waals surface area (Å²) in [5, 5.41) is 3.21. The van der Waals surface area contributed by atoms with Crippen LogP contribution in [0.3, 0.4) is 0 Å². The van der Waals surface area contributed by atoms with Crippen molar-refractivity contribution in [1.29, 1.82) is 0 Å². The van der Waals surface area contributed by atoms with Gasteiger partial charge in [-0.15, -0.1) is 0 Å². The van der Waals surface area contributed by atoms with Gasteiger partial charge >= 0.3 is 0 Å². The van der Waals surface area contributed by atoms with Crippen molar-refractivity contribution < 1.29 is 27.5 Å². The minimum Gasteiger partial charge on any atom is -0.493 e. The summed E-state index contributed by atoms with van der Waals surface area (Å²) in [5.74, 6) is -0.248. The number of carbonyl (C=O) groups excluding carboxylic acids is 2. The van der Waals surface area contributed by atoms with Gasteiger partial charge in [-0.25, -0.2) is 8.42 Å². The molecule has 0 heterocycles. The van der Waals surface area contributed by atoms with Crippen molar-refractivity contribution >= 4 is 39.1 Å². The summed E-state index contributed by atoms with van der Waals surface area (Å²) >= 11 is 6.16. The molecule has 0 saturated heterocycles. The van der Waals surface area contributed by atoms with Crippen molar-refractivity contribution in [1.82, 2.24) is 10.2 Å². The van der Waals surface area contributed by atoms with E-state index in [2.05, 4.69) is 5.32 Å². The van der Waals surface area contributed by atoms with E-state index in [1.165, 1.54) is 43.4 Å². The summed E-state index contributed by atoms with van der Waals surface area (Å²) in [4.78, 5) is 28.1. The number of hydrogen-bond acceptors (Lipinski definition) is 6. The highest BCUT2D eigenvalue weighted by Crippen LogP contribution is 2.34. The van der Waals surface area contributed by atoms with Gasteiger partial charge < -0.3 is 19.7 Å². The molecule has 0 saturated carbocycles. The SMILES string of the molecule is CCNC(=O)[C@@H](C)N(Cc1cccc(Cl)c1)C(=O)CN(c1ccc(OC)c(OC)c1)S(=O)(=O)c1ccc(C)cc1. The lowest BCUT2D eigenvalue weighted by Crippen LogP contribution is -2.51. The molecule has 9 nitrogen and oxygen atoms in total. The highest BCUT2D eigenvalue weighted by Gasteiger charge is 2.33. The van der Waals surface area contributed by atoms with Crippen LogP contribution in [0.25, 0.3) is 0 Å². The Morgan fingerprint density at radius 1 is 0.975 bits per heavy atom. The van der Waals surface area contributed by atoms with Crippen molar-refractivity contribution in [3.8, 4) is 11.5 Å².